The van der Waals surface area contributed by atoms with E-state index < -0.39 is 0 Å². The van der Waals surface area contributed by atoms with E-state index in [-0.39, 0.29) is 23.8 Å². The van der Waals surface area contributed by atoms with Gasteiger partial charge in [-0.2, -0.15) is 0 Å². The predicted molar refractivity (Wildman–Crippen MR) is 167 cm³/mol. The number of carbonyl (C=O) groups excluding carboxylic acids is 2. The molecular weight excluding hydrogens is 562 g/mol. The number of anilines is 1. The van der Waals surface area contributed by atoms with Crippen molar-refractivity contribution in [1.29, 1.82) is 0 Å². The van der Waals surface area contributed by atoms with Gasteiger partial charge in [-0.3, -0.25) is 19.5 Å². The number of pyridine rings is 1. The molecule has 1 aromatic carbocycles. The lowest BCUT2D eigenvalue weighted by Crippen LogP contribution is -2.60. The van der Waals surface area contributed by atoms with Crippen LogP contribution in [0.4, 0.5) is 5.13 Å². The molecule has 1 N–H and O–H groups in total. The zero-order valence-electron chi connectivity index (χ0n) is 24.8. The monoisotopic (exact) mass is 599 g/mol. The molecular formula is C32H37N7O3S. The average molecular weight is 600 g/mol. The van der Waals surface area contributed by atoms with E-state index in [1.54, 1.807) is 6.20 Å². The molecule has 2 fully saturated rings. The standard InChI is InChI=1S/C32H37N7O3S/c1-4-11-42-19-29-34-16-24(17-35-29)22-5-6-26-28(15-22)43-32(36-26)37-30(40)23-13-25(14-23)39-10-9-38(18-21(39)3)31(41)27-12-20(2)7-8-33-27/h5-8,12,15-17,21,23,25H,4,9-11,13-14,18-19H2,1-3H3,(H,36,37,40)/t21-,23?,25?/m0/s1. The summed E-state index contributed by atoms with van der Waals surface area (Å²) >= 11 is 1.48. The molecule has 6 rings (SSSR count). The summed E-state index contributed by atoms with van der Waals surface area (Å²) in [6.45, 7) is 9.45. The van der Waals surface area contributed by atoms with Crippen LogP contribution in [0.25, 0.3) is 21.3 Å². The summed E-state index contributed by atoms with van der Waals surface area (Å²) in [7, 11) is 0. The number of nitrogens with one attached hydrogen (secondary N) is 1. The van der Waals surface area contributed by atoms with Crippen LogP contribution in [-0.2, 0) is 16.1 Å². The Bertz CT molecular complexity index is 1600. The summed E-state index contributed by atoms with van der Waals surface area (Å²) in [6, 6.07) is 10.4. The molecule has 1 atom stereocenters. The highest BCUT2D eigenvalue weighted by atomic mass is 32.1. The number of hydrogen-bond donors (Lipinski definition) is 1. The molecule has 0 radical (unpaired) electrons. The first-order chi connectivity index (χ1) is 20.9. The molecule has 1 saturated carbocycles. The highest BCUT2D eigenvalue weighted by molar-refractivity contribution is 7.22. The van der Waals surface area contributed by atoms with Crippen LogP contribution in [0.15, 0.2) is 48.9 Å². The number of hydrogen-bond acceptors (Lipinski definition) is 9. The second kappa shape index (κ2) is 12.8. The van der Waals surface area contributed by atoms with E-state index in [0.717, 1.165) is 52.7 Å². The third-order valence-corrected chi connectivity index (χ3v) is 9.22. The summed E-state index contributed by atoms with van der Waals surface area (Å²) < 4.78 is 6.52. The lowest BCUT2D eigenvalue weighted by Gasteiger charge is -2.49. The summed E-state index contributed by atoms with van der Waals surface area (Å²) in [5.74, 6) is 0.648. The van der Waals surface area contributed by atoms with E-state index in [0.29, 0.717) is 49.0 Å². The summed E-state index contributed by atoms with van der Waals surface area (Å²) in [5.41, 5.74) is 4.31. The number of amides is 2. The quantitative estimate of drug-likeness (QED) is 0.269. The van der Waals surface area contributed by atoms with Crippen molar-refractivity contribution in [3.05, 3.63) is 66.0 Å². The fourth-order valence-corrected chi connectivity index (χ4v) is 6.75. The van der Waals surface area contributed by atoms with Gasteiger partial charge in [-0.25, -0.2) is 15.0 Å². The van der Waals surface area contributed by atoms with Crippen molar-refractivity contribution in [2.75, 3.05) is 31.6 Å². The molecule has 224 valence electrons. The van der Waals surface area contributed by atoms with Gasteiger partial charge in [-0.15, -0.1) is 0 Å². The number of thiazole rings is 1. The van der Waals surface area contributed by atoms with Gasteiger partial charge in [0.15, 0.2) is 11.0 Å². The fraction of sp³-hybridized carbons (Fsp3) is 0.438. The Morgan fingerprint density at radius 2 is 1.88 bits per heavy atom. The minimum Gasteiger partial charge on any atom is -0.373 e. The maximum atomic E-state index is 13.1. The van der Waals surface area contributed by atoms with Crippen molar-refractivity contribution < 1.29 is 14.3 Å². The zero-order valence-corrected chi connectivity index (χ0v) is 25.6. The molecule has 2 amide bonds. The smallest absolute Gasteiger partial charge is 0.272 e. The first-order valence-electron chi connectivity index (χ1n) is 15.0. The number of ether oxygens (including phenoxy) is 1. The molecule has 1 aliphatic carbocycles. The summed E-state index contributed by atoms with van der Waals surface area (Å²) in [5, 5.41) is 3.67. The minimum absolute atomic E-state index is 0.0110. The Morgan fingerprint density at radius 1 is 1.07 bits per heavy atom. The zero-order chi connectivity index (χ0) is 29.9. The normalized spacial score (nSPS) is 20.6. The molecule has 10 nitrogen and oxygen atoms in total. The van der Waals surface area contributed by atoms with Crippen molar-refractivity contribution in [2.45, 2.75) is 58.7 Å². The van der Waals surface area contributed by atoms with Crippen LogP contribution < -0.4 is 5.32 Å². The van der Waals surface area contributed by atoms with E-state index in [2.05, 4.69) is 50.1 Å². The Balaban J connectivity index is 1.00. The van der Waals surface area contributed by atoms with Gasteiger partial charge in [0.25, 0.3) is 5.91 Å². The van der Waals surface area contributed by atoms with Crippen molar-refractivity contribution in [3.63, 3.8) is 0 Å². The van der Waals surface area contributed by atoms with E-state index in [9.17, 15) is 9.59 Å². The fourth-order valence-electron chi connectivity index (χ4n) is 5.84. The second-order valence-corrected chi connectivity index (χ2v) is 12.5. The Hall–Kier alpha value is -3.80. The highest BCUT2D eigenvalue weighted by Gasteiger charge is 2.41. The first kappa shape index (κ1) is 29.3. The molecule has 4 aromatic rings. The number of piperazine rings is 1. The summed E-state index contributed by atoms with van der Waals surface area (Å²) in [4.78, 5) is 48.2. The first-order valence-corrected chi connectivity index (χ1v) is 15.8. The molecule has 1 saturated heterocycles. The molecule has 0 bridgehead atoms. The van der Waals surface area contributed by atoms with E-state index >= 15 is 0 Å². The Labute approximate surface area is 255 Å². The topological polar surface area (TPSA) is 113 Å². The van der Waals surface area contributed by atoms with E-state index in [4.69, 9.17) is 4.74 Å². The largest absolute Gasteiger partial charge is 0.373 e. The van der Waals surface area contributed by atoms with Gasteiger partial charge in [0.05, 0.1) is 10.2 Å². The van der Waals surface area contributed by atoms with Gasteiger partial charge in [-0.05, 0) is 68.5 Å². The van der Waals surface area contributed by atoms with Gasteiger partial charge in [0, 0.05) is 68.4 Å². The van der Waals surface area contributed by atoms with Crippen LogP contribution >= 0.6 is 11.3 Å². The van der Waals surface area contributed by atoms with Crippen LogP contribution in [0.3, 0.4) is 0 Å². The van der Waals surface area contributed by atoms with Crippen molar-refractivity contribution in [3.8, 4) is 11.1 Å². The minimum atomic E-state index is -0.0344. The van der Waals surface area contributed by atoms with Crippen LogP contribution in [-0.4, -0.2) is 79.9 Å². The van der Waals surface area contributed by atoms with Gasteiger partial charge in [-0.1, -0.05) is 24.3 Å². The number of carbonyl (C=O) groups is 2. The third-order valence-electron chi connectivity index (χ3n) is 8.29. The van der Waals surface area contributed by atoms with Gasteiger partial charge < -0.3 is 15.0 Å². The number of aryl methyl sites for hydroxylation is 1. The number of nitrogens with zero attached hydrogens (tertiary/aromatic N) is 6. The predicted octanol–water partition coefficient (Wildman–Crippen LogP) is 4.95. The highest BCUT2D eigenvalue weighted by Crippen LogP contribution is 2.36. The number of aromatic nitrogens is 4. The summed E-state index contributed by atoms with van der Waals surface area (Å²) in [6.07, 6.45) is 7.92. The van der Waals surface area contributed by atoms with E-state index in [1.165, 1.54) is 11.3 Å². The van der Waals surface area contributed by atoms with Crippen LogP contribution in [0.2, 0.25) is 0 Å². The third kappa shape index (κ3) is 6.58. The van der Waals surface area contributed by atoms with Gasteiger partial charge >= 0.3 is 0 Å². The SMILES string of the molecule is CCCOCc1ncc(-c2ccc3nc(NC(=O)C4CC(N5CCN(C(=O)c6cc(C)ccn6)C[C@@H]5C)C4)sc3c2)cn1. The molecule has 0 spiro atoms. The average Bonchev–Trinajstić information content (AvgIpc) is 3.38. The van der Waals surface area contributed by atoms with E-state index in [1.807, 2.05) is 48.5 Å². The molecule has 11 heteroatoms. The Morgan fingerprint density at radius 3 is 2.63 bits per heavy atom. The maximum absolute atomic E-state index is 13.1. The number of benzene rings is 1. The lowest BCUT2D eigenvalue weighted by molar-refractivity contribution is -0.125. The van der Waals surface area contributed by atoms with Crippen LogP contribution in [0.1, 0.15) is 55.0 Å². The van der Waals surface area contributed by atoms with Gasteiger partial charge in [0.1, 0.15) is 12.3 Å². The van der Waals surface area contributed by atoms with Crippen LogP contribution in [0, 0.1) is 12.8 Å². The van der Waals surface area contributed by atoms with Gasteiger partial charge in [0.2, 0.25) is 5.91 Å². The second-order valence-electron chi connectivity index (χ2n) is 11.5. The van der Waals surface area contributed by atoms with Crippen molar-refractivity contribution in [2.24, 2.45) is 5.92 Å². The number of rotatable bonds is 9. The maximum Gasteiger partial charge on any atom is 0.272 e. The number of fused-ring (bicyclic) bond motifs is 1. The van der Waals surface area contributed by atoms with Crippen molar-refractivity contribution in [1.82, 2.24) is 29.7 Å². The van der Waals surface area contributed by atoms with Crippen LogP contribution in [0.5, 0.6) is 0 Å². The lowest BCUT2D eigenvalue weighted by atomic mass is 9.78. The molecule has 1 aliphatic heterocycles. The molecule has 0 unspecified atom stereocenters. The Kier molecular flexibility index (Phi) is 8.73. The molecule has 4 heterocycles. The molecule has 2 aliphatic rings. The molecule has 43 heavy (non-hydrogen) atoms. The van der Waals surface area contributed by atoms with Crippen molar-refractivity contribution >= 4 is 38.5 Å². The molecule has 3 aromatic heterocycles.